The number of hydrogen-bond donors (Lipinski definition) is 1. The van der Waals surface area contributed by atoms with Gasteiger partial charge < -0.3 is 5.32 Å². The number of amides is 1. The Morgan fingerprint density at radius 3 is 2.74 bits per heavy atom. The first-order valence-corrected chi connectivity index (χ1v) is 9.14. The van der Waals surface area contributed by atoms with E-state index < -0.39 is 0 Å². The molecule has 0 saturated heterocycles. The van der Waals surface area contributed by atoms with Gasteiger partial charge in [0.2, 0.25) is 5.91 Å². The fraction of sp³-hybridized carbons (Fsp3) is 0.222. The SMILES string of the molecule is Cc1ccccc1-c1nc(C)c(CNC(=O)Cc2cccs2)s1. The van der Waals surface area contributed by atoms with Crippen molar-refractivity contribution in [2.75, 3.05) is 0 Å². The minimum atomic E-state index is 0.0534. The highest BCUT2D eigenvalue weighted by molar-refractivity contribution is 7.15. The Bertz CT molecular complexity index is 806. The van der Waals surface area contributed by atoms with E-state index in [0.29, 0.717) is 13.0 Å². The molecule has 3 aromatic rings. The first-order chi connectivity index (χ1) is 11.1. The molecule has 1 amide bonds. The van der Waals surface area contributed by atoms with E-state index in [4.69, 9.17) is 0 Å². The van der Waals surface area contributed by atoms with E-state index in [-0.39, 0.29) is 5.91 Å². The number of nitrogens with zero attached hydrogens (tertiary/aromatic N) is 1. The molecule has 1 aromatic carbocycles. The number of nitrogens with one attached hydrogen (secondary N) is 1. The fourth-order valence-electron chi connectivity index (χ4n) is 2.33. The van der Waals surface area contributed by atoms with Crippen LogP contribution in [0.1, 0.15) is 21.0 Å². The van der Waals surface area contributed by atoms with Crippen molar-refractivity contribution in [2.45, 2.75) is 26.8 Å². The molecule has 0 spiro atoms. The first kappa shape index (κ1) is 15.9. The smallest absolute Gasteiger partial charge is 0.225 e. The molecule has 1 N–H and O–H groups in total. The molecule has 0 aliphatic rings. The van der Waals surface area contributed by atoms with Crippen LogP contribution in [0.15, 0.2) is 41.8 Å². The minimum Gasteiger partial charge on any atom is -0.351 e. The number of carbonyl (C=O) groups is 1. The van der Waals surface area contributed by atoms with Gasteiger partial charge in [-0.05, 0) is 30.9 Å². The first-order valence-electron chi connectivity index (χ1n) is 7.45. The van der Waals surface area contributed by atoms with Gasteiger partial charge in [-0.1, -0.05) is 30.3 Å². The van der Waals surface area contributed by atoms with Crippen LogP contribution < -0.4 is 5.32 Å². The van der Waals surface area contributed by atoms with Crippen molar-refractivity contribution >= 4 is 28.6 Å². The van der Waals surface area contributed by atoms with E-state index in [1.165, 1.54) is 5.56 Å². The lowest BCUT2D eigenvalue weighted by Crippen LogP contribution is -2.24. The molecule has 0 radical (unpaired) electrons. The Kier molecular flexibility index (Phi) is 4.88. The molecule has 0 saturated carbocycles. The van der Waals surface area contributed by atoms with Gasteiger partial charge in [-0.2, -0.15) is 0 Å². The highest BCUT2D eigenvalue weighted by atomic mass is 32.1. The van der Waals surface area contributed by atoms with Gasteiger partial charge in [0.05, 0.1) is 18.7 Å². The average Bonchev–Trinajstić information content (AvgIpc) is 3.15. The predicted octanol–water partition coefficient (Wildman–Crippen LogP) is 4.35. The van der Waals surface area contributed by atoms with Crippen LogP contribution in [-0.2, 0) is 17.8 Å². The Labute approximate surface area is 144 Å². The van der Waals surface area contributed by atoms with Crippen LogP contribution in [0.4, 0.5) is 0 Å². The van der Waals surface area contributed by atoms with Crippen LogP contribution in [0.2, 0.25) is 0 Å². The van der Waals surface area contributed by atoms with Crippen LogP contribution >= 0.6 is 22.7 Å². The van der Waals surface area contributed by atoms with Crippen molar-refractivity contribution in [2.24, 2.45) is 0 Å². The summed E-state index contributed by atoms with van der Waals surface area (Å²) in [5.74, 6) is 0.0534. The second-order valence-electron chi connectivity index (χ2n) is 5.38. The summed E-state index contributed by atoms with van der Waals surface area (Å²) in [6, 6.07) is 12.2. The zero-order valence-electron chi connectivity index (χ0n) is 13.1. The molecule has 2 aromatic heterocycles. The molecule has 0 unspecified atom stereocenters. The van der Waals surface area contributed by atoms with Crippen LogP contribution in [0.25, 0.3) is 10.6 Å². The lowest BCUT2D eigenvalue weighted by molar-refractivity contribution is -0.120. The van der Waals surface area contributed by atoms with Crippen molar-refractivity contribution in [1.29, 1.82) is 0 Å². The molecule has 118 valence electrons. The third-order valence-corrected chi connectivity index (χ3v) is 5.70. The van der Waals surface area contributed by atoms with E-state index >= 15 is 0 Å². The monoisotopic (exact) mass is 342 g/mol. The predicted molar refractivity (Wildman–Crippen MR) is 96.9 cm³/mol. The molecule has 0 bridgehead atoms. The lowest BCUT2D eigenvalue weighted by atomic mass is 10.1. The lowest BCUT2D eigenvalue weighted by Gasteiger charge is -2.03. The summed E-state index contributed by atoms with van der Waals surface area (Å²) in [7, 11) is 0. The number of aryl methyl sites for hydroxylation is 2. The normalized spacial score (nSPS) is 10.7. The number of thiazole rings is 1. The van der Waals surface area contributed by atoms with Crippen molar-refractivity contribution < 1.29 is 4.79 Å². The maximum absolute atomic E-state index is 12.0. The largest absolute Gasteiger partial charge is 0.351 e. The number of benzene rings is 1. The van der Waals surface area contributed by atoms with Gasteiger partial charge in [0, 0.05) is 15.3 Å². The number of carbonyl (C=O) groups excluding carboxylic acids is 1. The Hall–Kier alpha value is -1.98. The quantitative estimate of drug-likeness (QED) is 0.749. The minimum absolute atomic E-state index is 0.0534. The van der Waals surface area contributed by atoms with E-state index in [1.807, 2.05) is 36.6 Å². The third kappa shape index (κ3) is 3.86. The summed E-state index contributed by atoms with van der Waals surface area (Å²) in [6.07, 6.45) is 0.445. The Balaban J connectivity index is 1.67. The van der Waals surface area contributed by atoms with E-state index in [1.54, 1.807) is 22.7 Å². The van der Waals surface area contributed by atoms with Gasteiger partial charge >= 0.3 is 0 Å². The van der Waals surface area contributed by atoms with Gasteiger partial charge in [-0.25, -0.2) is 4.98 Å². The average molecular weight is 342 g/mol. The fourth-order valence-corrected chi connectivity index (χ4v) is 4.13. The molecular formula is C18H18N2OS2. The maximum atomic E-state index is 12.0. The van der Waals surface area contributed by atoms with Gasteiger partial charge in [-0.15, -0.1) is 22.7 Å². The molecule has 5 heteroatoms. The Morgan fingerprint density at radius 1 is 1.17 bits per heavy atom. The Morgan fingerprint density at radius 2 is 2.00 bits per heavy atom. The van der Waals surface area contributed by atoms with Crippen molar-refractivity contribution in [1.82, 2.24) is 10.3 Å². The summed E-state index contributed by atoms with van der Waals surface area (Å²) in [5.41, 5.74) is 3.37. The molecule has 3 rings (SSSR count). The standard InChI is InChI=1S/C18H18N2OS2/c1-12-6-3-4-8-15(12)18-20-13(2)16(23-18)11-19-17(21)10-14-7-5-9-22-14/h3-9H,10-11H2,1-2H3,(H,19,21). The van der Waals surface area contributed by atoms with E-state index in [0.717, 1.165) is 26.0 Å². The number of rotatable bonds is 5. The van der Waals surface area contributed by atoms with Gasteiger partial charge in [0.1, 0.15) is 5.01 Å². The zero-order valence-corrected chi connectivity index (χ0v) is 14.8. The second kappa shape index (κ2) is 7.06. The molecule has 3 nitrogen and oxygen atoms in total. The number of hydrogen-bond acceptors (Lipinski definition) is 4. The summed E-state index contributed by atoms with van der Waals surface area (Å²) >= 11 is 3.26. The van der Waals surface area contributed by atoms with Gasteiger partial charge in [-0.3, -0.25) is 4.79 Å². The zero-order chi connectivity index (χ0) is 16.2. The second-order valence-corrected chi connectivity index (χ2v) is 7.49. The van der Waals surface area contributed by atoms with E-state index in [9.17, 15) is 4.79 Å². The highest BCUT2D eigenvalue weighted by Crippen LogP contribution is 2.29. The number of aromatic nitrogens is 1. The van der Waals surface area contributed by atoms with Crippen molar-refractivity contribution in [3.8, 4) is 10.6 Å². The molecular weight excluding hydrogens is 324 g/mol. The summed E-state index contributed by atoms with van der Waals surface area (Å²) in [4.78, 5) is 18.9. The summed E-state index contributed by atoms with van der Waals surface area (Å²) < 4.78 is 0. The highest BCUT2D eigenvalue weighted by Gasteiger charge is 2.12. The van der Waals surface area contributed by atoms with Crippen molar-refractivity contribution in [3.05, 3.63) is 62.8 Å². The summed E-state index contributed by atoms with van der Waals surface area (Å²) in [6.45, 7) is 4.63. The van der Waals surface area contributed by atoms with Gasteiger partial charge in [0.25, 0.3) is 0 Å². The van der Waals surface area contributed by atoms with Crippen LogP contribution in [0.5, 0.6) is 0 Å². The van der Waals surface area contributed by atoms with E-state index in [2.05, 4.69) is 29.4 Å². The van der Waals surface area contributed by atoms with Crippen LogP contribution in [-0.4, -0.2) is 10.9 Å². The molecule has 0 fully saturated rings. The molecule has 2 heterocycles. The topological polar surface area (TPSA) is 42.0 Å². The molecule has 23 heavy (non-hydrogen) atoms. The maximum Gasteiger partial charge on any atom is 0.225 e. The van der Waals surface area contributed by atoms with Gasteiger partial charge in [0.15, 0.2) is 0 Å². The molecule has 0 aliphatic heterocycles. The summed E-state index contributed by atoms with van der Waals surface area (Å²) in [5, 5.41) is 6.00. The van der Waals surface area contributed by atoms with Crippen LogP contribution in [0.3, 0.4) is 0 Å². The number of thiophene rings is 1. The third-order valence-electron chi connectivity index (χ3n) is 3.63. The van der Waals surface area contributed by atoms with Crippen molar-refractivity contribution in [3.63, 3.8) is 0 Å². The van der Waals surface area contributed by atoms with Crippen LogP contribution in [0, 0.1) is 13.8 Å². The molecule has 0 atom stereocenters. The molecule has 0 aliphatic carbocycles.